The largest absolute Gasteiger partial charge is 0.493 e. The molecule has 1 unspecified atom stereocenters. The van der Waals surface area contributed by atoms with Gasteiger partial charge < -0.3 is 23.7 Å². The summed E-state index contributed by atoms with van der Waals surface area (Å²) in [6, 6.07) is 12.0. The molecule has 2 heterocycles. The molecule has 0 spiro atoms. The molecular formula is C25H31N3O4. The van der Waals surface area contributed by atoms with Gasteiger partial charge in [0.2, 0.25) is 5.75 Å². The Labute approximate surface area is 188 Å². The minimum absolute atomic E-state index is 0.0697. The van der Waals surface area contributed by atoms with Crippen LogP contribution in [-0.4, -0.2) is 54.8 Å². The summed E-state index contributed by atoms with van der Waals surface area (Å²) in [7, 11) is 4.65. The van der Waals surface area contributed by atoms with Crippen molar-refractivity contribution in [3.8, 4) is 17.2 Å². The Morgan fingerprint density at radius 3 is 2.47 bits per heavy atom. The number of methoxy groups -OCH3 is 3. The Balaban J connectivity index is 1.67. The molecule has 3 aromatic rings. The summed E-state index contributed by atoms with van der Waals surface area (Å²) in [6.45, 7) is 5.68. The number of aromatic nitrogens is 2. The second-order valence-electron chi connectivity index (χ2n) is 8.39. The smallest absolute Gasteiger partial charge is 0.257 e. The van der Waals surface area contributed by atoms with Crippen LogP contribution in [0.25, 0.3) is 11.0 Å². The Morgan fingerprint density at radius 2 is 1.78 bits per heavy atom. The number of nitrogens with zero attached hydrogens (tertiary/aromatic N) is 3. The van der Waals surface area contributed by atoms with Gasteiger partial charge in [-0.25, -0.2) is 4.98 Å². The van der Waals surface area contributed by atoms with Crippen LogP contribution in [0, 0.1) is 0 Å². The van der Waals surface area contributed by atoms with Crippen molar-refractivity contribution in [3.63, 3.8) is 0 Å². The topological polar surface area (TPSA) is 65.8 Å². The predicted octanol–water partition coefficient (Wildman–Crippen LogP) is 4.66. The van der Waals surface area contributed by atoms with Gasteiger partial charge in [-0.2, -0.15) is 0 Å². The standard InChI is InChI=1S/C25H31N3O4/c1-16(2)28-20-11-7-6-10-19(20)26-24(28)17-9-8-14-27(15-17)25(29)18-12-13-21(30-3)23(32-5)22(18)31-4/h6-7,10-13,16-17H,8-9,14-15H2,1-5H3. The normalized spacial score (nSPS) is 16.4. The molecule has 7 heteroatoms. The van der Waals surface area contributed by atoms with Gasteiger partial charge in [-0.15, -0.1) is 0 Å². The summed E-state index contributed by atoms with van der Waals surface area (Å²) in [4.78, 5) is 20.4. The van der Waals surface area contributed by atoms with Gasteiger partial charge in [0.05, 0.1) is 37.9 Å². The minimum Gasteiger partial charge on any atom is -0.493 e. The van der Waals surface area contributed by atoms with E-state index in [9.17, 15) is 4.79 Å². The summed E-state index contributed by atoms with van der Waals surface area (Å²) in [5, 5.41) is 0. The maximum atomic E-state index is 13.5. The molecule has 0 radical (unpaired) electrons. The number of hydrogen-bond acceptors (Lipinski definition) is 5. The van der Waals surface area contributed by atoms with Gasteiger partial charge in [0.15, 0.2) is 11.5 Å². The summed E-state index contributed by atoms with van der Waals surface area (Å²) >= 11 is 0. The van der Waals surface area contributed by atoms with Crippen LogP contribution in [0.3, 0.4) is 0 Å². The highest BCUT2D eigenvalue weighted by Gasteiger charge is 2.31. The zero-order valence-corrected chi connectivity index (χ0v) is 19.4. The van der Waals surface area contributed by atoms with E-state index in [-0.39, 0.29) is 17.9 Å². The van der Waals surface area contributed by atoms with Crippen LogP contribution in [0.15, 0.2) is 36.4 Å². The van der Waals surface area contributed by atoms with Gasteiger partial charge in [-0.05, 0) is 51.0 Å². The first-order chi connectivity index (χ1) is 15.5. The Hall–Kier alpha value is -3.22. The zero-order valence-electron chi connectivity index (χ0n) is 19.4. The van der Waals surface area contributed by atoms with E-state index in [4.69, 9.17) is 19.2 Å². The quantitative estimate of drug-likeness (QED) is 0.561. The molecule has 0 saturated carbocycles. The molecule has 1 atom stereocenters. The van der Waals surface area contributed by atoms with Crippen LogP contribution in [0.5, 0.6) is 17.2 Å². The van der Waals surface area contributed by atoms with Crippen LogP contribution < -0.4 is 14.2 Å². The molecule has 1 aliphatic heterocycles. The number of ether oxygens (including phenoxy) is 3. The number of amides is 1. The fraction of sp³-hybridized carbons (Fsp3) is 0.440. The number of piperidine rings is 1. The second-order valence-corrected chi connectivity index (χ2v) is 8.39. The average Bonchev–Trinajstić information content (AvgIpc) is 3.22. The Morgan fingerprint density at radius 1 is 1.03 bits per heavy atom. The number of imidazole rings is 1. The van der Waals surface area contributed by atoms with Crippen LogP contribution >= 0.6 is 0 Å². The van der Waals surface area contributed by atoms with Gasteiger partial charge in [0, 0.05) is 25.0 Å². The Bertz CT molecular complexity index is 1120. The monoisotopic (exact) mass is 437 g/mol. The van der Waals surface area contributed by atoms with Crippen LogP contribution in [-0.2, 0) is 0 Å². The Kier molecular flexibility index (Phi) is 6.26. The number of hydrogen-bond donors (Lipinski definition) is 0. The first-order valence-corrected chi connectivity index (χ1v) is 11.0. The van der Waals surface area contributed by atoms with Crippen molar-refractivity contribution in [1.29, 1.82) is 0 Å². The van der Waals surface area contributed by atoms with E-state index in [1.165, 1.54) is 7.11 Å². The predicted molar refractivity (Wildman–Crippen MR) is 124 cm³/mol. The van der Waals surface area contributed by atoms with E-state index in [1.807, 2.05) is 17.0 Å². The third kappa shape index (κ3) is 3.76. The van der Waals surface area contributed by atoms with Crippen LogP contribution in [0.2, 0.25) is 0 Å². The van der Waals surface area contributed by atoms with E-state index in [0.29, 0.717) is 35.9 Å². The number of fused-ring (bicyclic) bond motifs is 1. The lowest BCUT2D eigenvalue weighted by Gasteiger charge is -2.33. The lowest BCUT2D eigenvalue weighted by Crippen LogP contribution is -2.40. The molecule has 1 fully saturated rings. The highest BCUT2D eigenvalue weighted by Crippen LogP contribution is 2.41. The van der Waals surface area contributed by atoms with Gasteiger partial charge in [-0.3, -0.25) is 4.79 Å². The highest BCUT2D eigenvalue weighted by atomic mass is 16.5. The average molecular weight is 438 g/mol. The van der Waals surface area contributed by atoms with Crippen LogP contribution in [0.4, 0.5) is 0 Å². The van der Waals surface area contributed by atoms with Crippen LogP contribution in [0.1, 0.15) is 54.8 Å². The van der Waals surface area contributed by atoms with Gasteiger partial charge in [0.25, 0.3) is 5.91 Å². The number of para-hydroxylation sites is 2. The molecule has 0 N–H and O–H groups in total. The molecule has 1 saturated heterocycles. The third-order valence-electron chi connectivity index (χ3n) is 6.15. The molecule has 2 aromatic carbocycles. The van der Waals surface area contributed by atoms with E-state index >= 15 is 0 Å². The third-order valence-corrected chi connectivity index (χ3v) is 6.15. The number of rotatable bonds is 6. The number of carbonyl (C=O) groups is 1. The fourth-order valence-corrected chi connectivity index (χ4v) is 4.71. The van der Waals surface area contributed by atoms with Crippen molar-refractivity contribution in [1.82, 2.24) is 14.5 Å². The molecule has 4 rings (SSSR count). The highest BCUT2D eigenvalue weighted by molar-refractivity contribution is 5.98. The maximum absolute atomic E-state index is 13.5. The van der Waals surface area contributed by atoms with Gasteiger partial charge in [0.1, 0.15) is 5.82 Å². The molecule has 0 aliphatic carbocycles. The SMILES string of the molecule is COc1ccc(C(=O)N2CCCC(c3nc4ccccc4n3C(C)C)C2)c(OC)c1OC. The number of carbonyl (C=O) groups excluding carboxylic acids is 1. The first-order valence-electron chi connectivity index (χ1n) is 11.0. The van der Waals surface area contributed by atoms with Crippen molar-refractivity contribution in [2.45, 2.75) is 38.6 Å². The summed E-state index contributed by atoms with van der Waals surface area (Å²) in [5.74, 6) is 2.51. The molecule has 7 nitrogen and oxygen atoms in total. The molecular weight excluding hydrogens is 406 g/mol. The minimum atomic E-state index is -0.0697. The van der Waals surface area contributed by atoms with E-state index in [2.05, 4.69) is 30.5 Å². The number of benzene rings is 2. The van der Waals surface area contributed by atoms with Crippen molar-refractivity contribution < 1.29 is 19.0 Å². The lowest BCUT2D eigenvalue weighted by atomic mass is 9.96. The van der Waals surface area contributed by atoms with E-state index < -0.39 is 0 Å². The summed E-state index contributed by atoms with van der Waals surface area (Å²) in [5.41, 5.74) is 2.62. The molecule has 32 heavy (non-hydrogen) atoms. The van der Waals surface area contributed by atoms with Crippen molar-refractivity contribution in [2.75, 3.05) is 34.4 Å². The molecule has 0 bridgehead atoms. The van der Waals surface area contributed by atoms with Crippen molar-refractivity contribution >= 4 is 16.9 Å². The summed E-state index contributed by atoms with van der Waals surface area (Å²) in [6.07, 6.45) is 1.93. The second kappa shape index (κ2) is 9.10. The number of likely N-dealkylation sites (tertiary alicyclic amines) is 1. The summed E-state index contributed by atoms with van der Waals surface area (Å²) < 4.78 is 18.7. The first kappa shape index (κ1) is 22.0. The maximum Gasteiger partial charge on any atom is 0.257 e. The lowest BCUT2D eigenvalue weighted by molar-refractivity contribution is 0.0699. The molecule has 1 amide bonds. The molecule has 170 valence electrons. The molecule has 1 aromatic heterocycles. The fourth-order valence-electron chi connectivity index (χ4n) is 4.71. The van der Waals surface area contributed by atoms with E-state index in [0.717, 1.165) is 29.7 Å². The van der Waals surface area contributed by atoms with Crippen molar-refractivity contribution in [2.24, 2.45) is 0 Å². The molecule has 1 aliphatic rings. The van der Waals surface area contributed by atoms with Gasteiger partial charge >= 0.3 is 0 Å². The van der Waals surface area contributed by atoms with Gasteiger partial charge in [-0.1, -0.05) is 12.1 Å². The van der Waals surface area contributed by atoms with Crippen molar-refractivity contribution in [3.05, 3.63) is 47.8 Å². The van der Waals surface area contributed by atoms with E-state index in [1.54, 1.807) is 26.4 Å². The zero-order chi connectivity index (χ0) is 22.8.